The van der Waals surface area contributed by atoms with Crippen molar-refractivity contribution in [2.45, 2.75) is 0 Å². The van der Waals surface area contributed by atoms with Gasteiger partial charge in [0.2, 0.25) is 0 Å². The maximum Gasteiger partial charge on any atom is 0.332 e. The van der Waals surface area contributed by atoms with Crippen molar-refractivity contribution in [3.05, 3.63) is 38.7 Å². The fourth-order valence-electron chi connectivity index (χ4n) is 2.03. The Labute approximate surface area is 126 Å². The zero-order valence-electron chi connectivity index (χ0n) is 12.6. The summed E-state index contributed by atoms with van der Waals surface area (Å²) in [5.74, 6) is 0.945. The van der Waals surface area contributed by atoms with Crippen molar-refractivity contribution in [2.75, 3.05) is 23.7 Å². The molecule has 0 amide bonds. The van der Waals surface area contributed by atoms with E-state index in [0.29, 0.717) is 13.1 Å². The summed E-state index contributed by atoms with van der Waals surface area (Å²) in [5.41, 5.74) is -1.17. The molecule has 0 saturated carbocycles. The molecule has 0 aliphatic heterocycles. The first-order chi connectivity index (χ1) is 10.5. The highest BCUT2D eigenvalue weighted by molar-refractivity contribution is 5.51. The molecule has 9 nitrogen and oxygen atoms in total. The molecule has 116 valence electrons. The molecule has 9 heteroatoms. The lowest BCUT2D eigenvalue weighted by Crippen LogP contribution is -2.40. The fraction of sp³-hybridized carbons (Fsp3) is 0.385. The third kappa shape index (κ3) is 2.85. The minimum atomic E-state index is -0.606. The van der Waals surface area contributed by atoms with Crippen LogP contribution in [0.5, 0.6) is 0 Å². The molecule has 0 aliphatic rings. The molecule has 0 unspecified atom stereocenters. The van der Waals surface area contributed by atoms with E-state index in [1.54, 1.807) is 4.68 Å². The van der Waals surface area contributed by atoms with Crippen LogP contribution >= 0.6 is 0 Å². The SMILES string of the molecule is Cn1ccc(NCCNc2c(C#N)c(=O)n(C)c(=O)n2C)n1. The molecule has 0 aromatic carbocycles. The maximum absolute atomic E-state index is 11.9. The van der Waals surface area contributed by atoms with Gasteiger partial charge in [-0.1, -0.05) is 0 Å². The summed E-state index contributed by atoms with van der Waals surface area (Å²) in [7, 11) is 4.67. The second-order valence-corrected chi connectivity index (χ2v) is 4.77. The van der Waals surface area contributed by atoms with Gasteiger partial charge in [0.05, 0.1) is 0 Å². The number of hydrogen-bond donors (Lipinski definition) is 2. The first-order valence-electron chi connectivity index (χ1n) is 6.63. The third-order valence-corrected chi connectivity index (χ3v) is 3.21. The molecule has 2 aromatic heterocycles. The number of aryl methyl sites for hydroxylation is 1. The molecule has 2 rings (SSSR count). The number of aromatic nitrogens is 4. The van der Waals surface area contributed by atoms with Gasteiger partial charge < -0.3 is 10.6 Å². The molecule has 0 bridgehead atoms. The predicted octanol–water partition coefficient (Wildman–Crippen LogP) is -0.787. The van der Waals surface area contributed by atoms with E-state index >= 15 is 0 Å². The Morgan fingerprint density at radius 3 is 2.45 bits per heavy atom. The molecule has 0 spiro atoms. The second-order valence-electron chi connectivity index (χ2n) is 4.77. The summed E-state index contributed by atoms with van der Waals surface area (Å²) in [5, 5.41) is 19.3. The van der Waals surface area contributed by atoms with Gasteiger partial charge in [0.15, 0.2) is 5.56 Å². The van der Waals surface area contributed by atoms with E-state index in [9.17, 15) is 9.59 Å². The standard InChI is InChI=1S/C13H17N7O2/c1-18-7-4-10(17-18)15-5-6-16-11-9(8-14)12(21)20(3)13(22)19(11)2/h4,7,16H,5-6H2,1-3H3,(H,15,17). The lowest BCUT2D eigenvalue weighted by Gasteiger charge is -2.13. The van der Waals surface area contributed by atoms with Gasteiger partial charge in [-0.3, -0.25) is 18.6 Å². The molecule has 0 atom stereocenters. The Balaban J connectivity index is 2.11. The highest BCUT2D eigenvalue weighted by atomic mass is 16.2. The van der Waals surface area contributed by atoms with E-state index < -0.39 is 11.2 Å². The van der Waals surface area contributed by atoms with Crippen LogP contribution in [0.1, 0.15) is 5.56 Å². The molecule has 2 aromatic rings. The smallest absolute Gasteiger partial charge is 0.332 e. The average molecular weight is 303 g/mol. The van der Waals surface area contributed by atoms with Crippen molar-refractivity contribution >= 4 is 11.6 Å². The van der Waals surface area contributed by atoms with Gasteiger partial charge in [0.1, 0.15) is 17.7 Å². The van der Waals surface area contributed by atoms with Crippen LogP contribution < -0.4 is 21.9 Å². The first-order valence-corrected chi connectivity index (χ1v) is 6.63. The van der Waals surface area contributed by atoms with Gasteiger partial charge in [-0.25, -0.2) is 4.79 Å². The van der Waals surface area contributed by atoms with Crippen LogP contribution in [0.2, 0.25) is 0 Å². The van der Waals surface area contributed by atoms with Crippen molar-refractivity contribution in [1.29, 1.82) is 5.26 Å². The minimum absolute atomic E-state index is 0.0811. The Hall–Kier alpha value is -3.02. The van der Waals surface area contributed by atoms with E-state index in [-0.39, 0.29) is 11.4 Å². The number of rotatable bonds is 5. The van der Waals surface area contributed by atoms with Crippen LogP contribution in [0, 0.1) is 11.3 Å². The van der Waals surface area contributed by atoms with Crippen molar-refractivity contribution in [1.82, 2.24) is 18.9 Å². The number of nitrogens with zero attached hydrogens (tertiary/aromatic N) is 5. The van der Waals surface area contributed by atoms with Gasteiger partial charge in [-0.15, -0.1) is 0 Å². The molecule has 2 heterocycles. The monoisotopic (exact) mass is 303 g/mol. The van der Waals surface area contributed by atoms with Crippen LogP contribution in [-0.4, -0.2) is 32.0 Å². The summed E-state index contributed by atoms with van der Waals surface area (Å²) < 4.78 is 3.84. The Morgan fingerprint density at radius 1 is 1.18 bits per heavy atom. The summed E-state index contributed by atoms with van der Waals surface area (Å²) in [6.07, 6.45) is 1.81. The summed E-state index contributed by atoms with van der Waals surface area (Å²) in [6, 6.07) is 3.67. The molecule has 0 fully saturated rings. The zero-order chi connectivity index (χ0) is 16.3. The minimum Gasteiger partial charge on any atom is -0.368 e. The number of nitriles is 1. The van der Waals surface area contributed by atoms with E-state index in [4.69, 9.17) is 5.26 Å². The Kier molecular flexibility index (Phi) is 4.31. The Morgan fingerprint density at radius 2 is 1.86 bits per heavy atom. The maximum atomic E-state index is 11.9. The molecular weight excluding hydrogens is 286 g/mol. The number of nitrogens with one attached hydrogen (secondary N) is 2. The lowest BCUT2D eigenvalue weighted by atomic mass is 10.3. The predicted molar refractivity (Wildman–Crippen MR) is 81.8 cm³/mol. The molecule has 2 N–H and O–H groups in total. The molecular formula is C13H17N7O2. The van der Waals surface area contributed by atoms with Gasteiger partial charge in [0.25, 0.3) is 5.56 Å². The number of anilines is 2. The lowest BCUT2D eigenvalue weighted by molar-refractivity contribution is 0.685. The van der Waals surface area contributed by atoms with Crippen molar-refractivity contribution in [3.8, 4) is 6.07 Å². The van der Waals surface area contributed by atoms with Gasteiger partial charge in [0, 0.05) is 46.5 Å². The number of hydrogen-bond acceptors (Lipinski definition) is 6. The van der Waals surface area contributed by atoms with Gasteiger partial charge in [-0.05, 0) is 0 Å². The molecule has 0 aliphatic carbocycles. The summed E-state index contributed by atoms with van der Waals surface area (Å²) >= 11 is 0. The largest absolute Gasteiger partial charge is 0.368 e. The zero-order valence-corrected chi connectivity index (χ0v) is 12.6. The molecule has 0 saturated heterocycles. The van der Waals surface area contributed by atoms with E-state index in [1.807, 2.05) is 25.4 Å². The van der Waals surface area contributed by atoms with E-state index in [0.717, 1.165) is 10.4 Å². The van der Waals surface area contributed by atoms with Gasteiger partial charge in [-0.2, -0.15) is 10.4 Å². The topological polar surface area (TPSA) is 110 Å². The van der Waals surface area contributed by atoms with E-state index in [2.05, 4.69) is 15.7 Å². The molecule has 0 radical (unpaired) electrons. The fourth-order valence-corrected chi connectivity index (χ4v) is 2.03. The summed E-state index contributed by atoms with van der Waals surface area (Å²) in [4.78, 5) is 23.8. The van der Waals surface area contributed by atoms with Crippen molar-refractivity contribution < 1.29 is 0 Å². The Bertz CT molecular complexity index is 838. The normalized spacial score (nSPS) is 10.3. The average Bonchev–Trinajstić information content (AvgIpc) is 2.92. The van der Waals surface area contributed by atoms with Crippen LogP contribution in [0.4, 0.5) is 11.6 Å². The van der Waals surface area contributed by atoms with E-state index in [1.165, 1.54) is 18.7 Å². The van der Waals surface area contributed by atoms with Crippen LogP contribution in [0.15, 0.2) is 21.9 Å². The third-order valence-electron chi connectivity index (χ3n) is 3.21. The first kappa shape index (κ1) is 15.4. The van der Waals surface area contributed by atoms with Crippen LogP contribution in [0.3, 0.4) is 0 Å². The van der Waals surface area contributed by atoms with Crippen molar-refractivity contribution in [3.63, 3.8) is 0 Å². The van der Waals surface area contributed by atoms with Crippen LogP contribution in [0.25, 0.3) is 0 Å². The quantitative estimate of drug-likeness (QED) is 0.701. The van der Waals surface area contributed by atoms with Crippen molar-refractivity contribution in [2.24, 2.45) is 21.1 Å². The molecule has 22 heavy (non-hydrogen) atoms. The van der Waals surface area contributed by atoms with Gasteiger partial charge >= 0.3 is 5.69 Å². The summed E-state index contributed by atoms with van der Waals surface area (Å²) in [6.45, 7) is 0.941. The highest BCUT2D eigenvalue weighted by Gasteiger charge is 2.14. The second kappa shape index (κ2) is 6.17. The van der Waals surface area contributed by atoms with Crippen LogP contribution in [-0.2, 0) is 21.1 Å². The highest BCUT2D eigenvalue weighted by Crippen LogP contribution is 2.06.